The van der Waals surface area contributed by atoms with Crippen molar-refractivity contribution in [1.82, 2.24) is 5.32 Å². The summed E-state index contributed by atoms with van der Waals surface area (Å²) in [7, 11) is 2.94. The van der Waals surface area contributed by atoms with Crippen molar-refractivity contribution in [3.63, 3.8) is 0 Å². The predicted octanol–water partition coefficient (Wildman–Crippen LogP) is 4.69. The van der Waals surface area contributed by atoms with Crippen LogP contribution in [0.15, 0.2) is 35.9 Å². The number of benzene rings is 1. The Morgan fingerprint density at radius 2 is 1.98 bits per heavy atom. The van der Waals surface area contributed by atoms with Crippen molar-refractivity contribution >= 4 is 35.3 Å². The Morgan fingerprint density at radius 1 is 1.25 bits per heavy atom. The molecule has 4 rings (SSSR count). The number of fused-ring (bicyclic) bond motifs is 5. The molecule has 0 saturated carbocycles. The molecule has 1 aromatic carbocycles. The third kappa shape index (κ3) is 7.56. The minimum absolute atomic E-state index is 0.00378. The molecular formula is C32H43ClN2O9. The minimum atomic E-state index is -1.77. The number of carbonyl (C=O) groups is 3. The number of epoxide rings is 1. The molecule has 44 heavy (non-hydrogen) atoms. The summed E-state index contributed by atoms with van der Waals surface area (Å²) in [5.74, 6) is -0.892. The summed E-state index contributed by atoms with van der Waals surface area (Å²) >= 11 is 6.58. The second-order valence-corrected chi connectivity index (χ2v) is 12.9. The van der Waals surface area contributed by atoms with E-state index in [1.54, 1.807) is 31.2 Å². The average Bonchev–Trinajstić information content (AvgIpc) is 3.62. The second kappa shape index (κ2) is 13.5. The summed E-state index contributed by atoms with van der Waals surface area (Å²) in [6.07, 6.45) is 1.78. The molecule has 2 saturated heterocycles. The topological polar surface area (TPSA) is 145 Å². The number of anilines is 1. The fraction of sp³-hybridized carbons (Fsp3) is 0.594. The van der Waals surface area contributed by atoms with Gasteiger partial charge in [-0.15, -0.1) is 0 Å². The van der Waals surface area contributed by atoms with E-state index in [1.807, 2.05) is 33.8 Å². The first kappa shape index (κ1) is 33.8. The van der Waals surface area contributed by atoms with Gasteiger partial charge in [0.2, 0.25) is 5.91 Å². The quantitative estimate of drug-likeness (QED) is 0.310. The summed E-state index contributed by atoms with van der Waals surface area (Å²) in [4.78, 5) is 39.0. The first-order chi connectivity index (χ1) is 20.7. The van der Waals surface area contributed by atoms with Crippen LogP contribution in [0.4, 0.5) is 10.5 Å². The highest BCUT2D eigenvalue weighted by atomic mass is 35.5. The Hall–Kier alpha value is -3.12. The van der Waals surface area contributed by atoms with Crippen molar-refractivity contribution in [2.75, 3.05) is 19.5 Å². The molecule has 0 aromatic heterocycles. The van der Waals surface area contributed by atoms with Crippen LogP contribution in [0.25, 0.3) is 0 Å². The van der Waals surface area contributed by atoms with Crippen LogP contribution in [-0.2, 0) is 35.0 Å². The lowest BCUT2D eigenvalue weighted by Gasteiger charge is -2.42. The lowest BCUT2D eigenvalue weighted by Crippen LogP contribution is -2.63. The number of ether oxygens (including phenoxy) is 5. The Morgan fingerprint density at radius 3 is 2.64 bits per heavy atom. The van der Waals surface area contributed by atoms with E-state index in [9.17, 15) is 19.5 Å². The molecule has 0 aliphatic carbocycles. The van der Waals surface area contributed by atoms with Gasteiger partial charge in [-0.25, -0.2) is 4.79 Å². The molecular weight excluding hydrogens is 592 g/mol. The number of methoxy groups -OCH3 is 2. The molecule has 2 amide bonds. The number of nitrogens with one attached hydrogen (secondary N) is 2. The van der Waals surface area contributed by atoms with E-state index in [0.717, 1.165) is 11.1 Å². The standard InChI is InChI=1S/C32H43ClN2O9/c1-17(2)11-27(37)43-25-15-26(36)34-21-13-20(14-22(40-6)28(21)33)12-18(3)9-8-10-24(41-7)32(39)16-23(42-30(38)35-32)19(4)29-31(25,5)44-29/h8-10,13-14,17,19,23-25,29,39H,11-12,15-16H2,1-7H3,(H,34,36)(H,35,38)/b10-8+,18-9+/t19-,23+,24-,25+,29+,31+,32+/m1/s1. The number of hydrogen-bond acceptors (Lipinski definition) is 9. The van der Waals surface area contributed by atoms with Crippen molar-refractivity contribution < 1.29 is 43.2 Å². The van der Waals surface area contributed by atoms with Crippen LogP contribution >= 0.6 is 11.6 Å². The van der Waals surface area contributed by atoms with Crippen molar-refractivity contribution in [3.8, 4) is 5.75 Å². The van der Waals surface area contributed by atoms with Crippen molar-refractivity contribution in [1.29, 1.82) is 0 Å². The first-order valence-electron chi connectivity index (χ1n) is 14.8. The SMILES string of the molecule is COc1cc2cc(c1Cl)NC(=O)C[C@H](OC(=O)CC(C)C)[C@]1(C)O[C@H]1[C@H](C)[C@@H]1C[C@@](O)(NC(=O)O1)[C@H](OC)/C=C/C=C(\C)C2. The second-order valence-electron chi connectivity index (χ2n) is 12.5. The van der Waals surface area contributed by atoms with Crippen LogP contribution in [0.3, 0.4) is 0 Å². The van der Waals surface area contributed by atoms with Gasteiger partial charge in [-0.3, -0.25) is 14.9 Å². The molecule has 1 aromatic rings. The van der Waals surface area contributed by atoms with E-state index < -0.39 is 59.6 Å². The van der Waals surface area contributed by atoms with Gasteiger partial charge in [0, 0.05) is 25.9 Å². The van der Waals surface area contributed by atoms with Crippen LogP contribution in [-0.4, -0.2) is 73.0 Å². The Kier molecular flexibility index (Phi) is 10.3. The maximum atomic E-state index is 13.5. The first-order valence-corrected chi connectivity index (χ1v) is 15.2. The third-order valence-corrected chi connectivity index (χ3v) is 8.76. The molecule has 3 heterocycles. The summed E-state index contributed by atoms with van der Waals surface area (Å²) in [6, 6.07) is 3.57. The molecule has 7 atom stereocenters. The molecule has 12 heteroatoms. The minimum Gasteiger partial charge on any atom is -0.495 e. The zero-order valence-electron chi connectivity index (χ0n) is 26.3. The number of rotatable bonds is 5. The van der Waals surface area contributed by atoms with Gasteiger partial charge in [-0.1, -0.05) is 56.2 Å². The number of hydrogen-bond donors (Lipinski definition) is 3. The van der Waals surface area contributed by atoms with E-state index in [2.05, 4.69) is 10.6 Å². The zero-order valence-corrected chi connectivity index (χ0v) is 27.0. The average molecular weight is 635 g/mol. The fourth-order valence-corrected chi connectivity index (χ4v) is 6.18. The summed E-state index contributed by atoms with van der Waals surface area (Å²) < 4.78 is 28.7. The monoisotopic (exact) mass is 634 g/mol. The van der Waals surface area contributed by atoms with Gasteiger partial charge in [0.1, 0.15) is 34.7 Å². The number of amides is 2. The van der Waals surface area contributed by atoms with Gasteiger partial charge < -0.3 is 34.1 Å². The van der Waals surface area contributed by atoms with Gasteiger partial charge in [-0.05, 0) is 43.9 Å². The van der Waals surface area contributed by atoms with E-state index in [-0.39, 0.29) is 30.2 Å². The number of aliphatic hydroxyl groups is 1. The number of allylic oxidation sites excluding steroid dienone is 3. The van der Waals surface area contributed by atoms with Crippen LogP contribution in [0.2, 0.25) is 5.02 Å². The molecule has 0 unspecified atom stereocenters. The molecule has 0 spiro atoms. The van der Waals surface area contributed by atoms with E-state index in [4.69, 9.17) is 35.3 Å². The van der Waals surface area contributed by atoms with Crippen LogP contribution in [0.5, 0.6) is 5.75 Å². The smallest absolute Gasteiger partial charge is 0.409 e. The molecule has 4 bridgehead atoms. The Labute approximate surface area is 263 Å². The lowest BCUT2D eigenvalue weighted by molar-refractivity contribution is -0.154. The number of esters is 1. The fourth-order valence-electron chi connectivity index (χ4n) is 5.95. The maximum Gasteiger partial charge on any atom is 0.409 e. The highest BCUT2D eigenvalue weighted by Crippen LogP contribution is 2.49. The van der Waals surface area contributed by atoms with E-state index in [0.29, 0.717) is 17.9 Å². The van der Waals surface area contributed by atoms with E-state index >= 15 is 0 Å². The predicted molar refractivity (Wildman–Crippen MR) is 163 cm³/mol. The summed E-state index contributed by atoms with van der Waals surface area (Å²) in [6.45, 7) is 9.32. The molecule has 0 radical (unpaired) electrons. The van der Waals surface area contributed by atoms with Gasteiger partial charge in [0.05, 0.1) is 25.3 Å². The van der Waals surface area contributed by atoms with Gasteiger partial charge in [-0.2, -0.15) is 0 Å². The van der Waals surface area contributed by atoms with Crippen LogP contribution in [0, 0.1) is 11.8 Å². The number of halogens is 1. The van der Waals surface area contributed by atoms with Crippen molar-refractivity contribution in [2.24, 2.45) is 11.8 Å². The molecule has 3 aliphatic rings. The van der Waals surface area contributed by atoms with Crippen LogP contribution < -0.4 is 15.4 Å². The third-order valence-electron chi connectivity index (χ3n) is 8.37. The van der Waals surface area contributed by atoms with E-state index in [1.165, 1.54) is 14.2 Å². The van der Waals surface area contributed by atoms with Gasteiger partial charge in [0.15, 0.2) is 5.72 Å². The number of carbonyl (C=O) groups excluding carboxylic acids is 3. The highest BCUT2D eigenvalue weighted by Gasteiger charge is 2.64. The van der Waals surface area contributed by atoms with Crippen molar-refractivity contribution in [3.05, 3.63) is 46.5 Å². The molecule has 242 valence electrons. The molecule has 11 nitrogen and oxygen atoms in total. The number of alkyl carbamates (subject to hydrolysis) is 1. The molecule has 3 N–H and O–H groups in total. The lowest BCUT2D eigenvalue weighted by atomic mass is 9.83. The maximum absolute atomic E-state index is 13.5. The molecule has 2 fully saturated rings. The van der Waals surface area contributed by atoms with Gasteiger partial charge >= 0.3 is 12.1 Å². The summed E-state index contributed by atoms with van der Waals surface area (Å²) in [5, 5.41) is 17.2. The Bertz CT molecular complexity index is 1330. The largest absolute Gasteiger partial charge is 0.495 e. The normalized spacial score (nSPS) is 34.4. The van der Waals surface area contributed by atoms with Crippen LogP contribution in [0.1, 0.15) is 59.4 Å². The Balaban J connectivity index is 1.75. The highest BCUT2D eigenvalue weighted by molar-refractivity contribution is 6.35. The van der Waals surface area contributed by atoms with Gasteiger partial charge in [0.25, 0.3) is 0 Å². The summed E-state index contributed by atoms with van der Waals surface area (Å²) in [5.41, 5.74) is -0.689. The zero-order chi connectivity index (χ0) is 32.4. The molecule has 3 aliphatic heterocycles. The van der Waals surface area contributed by atoms with Crippen molar-refractivity contribution in [2.45, 2.75) is 96.0 Å².